The molecule has 0 aliphatic heterocycles. The molecule has 0 spiro atoms. The van der Waals surface area contributed by atoms with Crippen molar-refractivity contribution in [1.82, 2.24) is 0 Å². The molecule has 122 valence electrons. The predicted octanol–water partition coefficient (Wildman–Crippen LogP) is 5.20. The number of rotatable bonds is 4. The van der Waals surface area contributed by atoms with Crippen molar-refractivity contribution in [2.24, 2.45) is 0 Å². The van der Waals surface area contributed by atoms with Crippen LogP contribution in [0.1, 0.15) is 22.3 Å². The Labute approximate surface area is 133 Å². The molecule has 0 atom stereocenters. The van der Waals surface area contributed by atoms with E-state index in [0.717, 1.165) is 23.3 Å². The molecule has 0 bridgehead atoms. The van der Waals surface area contributed by atoms with Gasteiger partial charge in [-0.25, -0.2) is 0 Å². The number of alkyl halides is 3. The lowest BCUT2D eigenvalue weighted by Gasteiger charge is -2.11. The zero-order valence-electron chi connectivity index (χ0n) is 13.1. The van der Waals surface area contributed by atoms with E-state index in [4.69, 9.17) is 9.47 Å². The number of hydrogen-bond donors (Lipinski definition) is 0. The lowest BCUT2D eigenvalue weighted by atomic mass is 10.1. The third-order valence-electron chi connectivity index (χ3n) is 3.48. The van der Waals surface area contributed by atoms with Gasteiger partial charge >= 0.3 is 6.18 Å². The van der Waals surface area contributed by atoms with Crippen molar-refractivity contribution in [2.75, 3.05) is 14.2 Å². The van der Waals surface area contributed by atoms with Gasteiger partial charge in [-0.3, -0.25) is 0 Å². The van der Waals surface area contributed by atoms with Crippen LogP contribution in [0.25, 0.3) is 12.2 Å². The molecule has 0 fully saturated rings. The second-order valence-corrected chi connectivity index (χ2v) is 5.00. The Hall–Kier alpha value is -2.43. The largest absolute Gasteiger partial charge is 0.496 e. The van der Waals surface area contributed by atoms with Crippen LogP contribution in [0, 0.1) is 6.92 Å². The normalized spacial score (nSPS) is 11.7. The van der Waals surface area contributed by atoms with Crippen LogP contribution in [0.5, 0.6) is 11.5 Å². The van der Waals surface area contributed by atoms with Gasteiger partial charge in [0, 0.05) is 5.56 Å². The van der Waals surface area contributed by atoms with Crippen molar-refractivity contribution in [3.05, 3.63) is 58.7 Å². The third-order valence-corrected chi connectivity index (χ3v) is 3.48. The molecule has 5 heteroatoms. The summed E-state index contributed by atoms with van der Waals surface area (Å²) in [5.74, 6) is 1.38. The first-order valence-corrected chi connectivity index (χ1v) is 6.93. The van der Waals surface area contributed by atoms with Crippen LogP contribution in [0.4, 0.5) is 13.2 Å². The Morgan fingerprint density at radius 1 is 0.826 bits per heavy atom. The second kappa shape index (κ2) is 6.77. The molecule has 0 aliphatic carbocycles. The van der Waals surface area contributed by atoms with Crippen molar-refractivity contribution in [3.8, 4) is 11.5 Å². The predicted molar refractivity (Wildman–Crippen MR) is 84.7 cm³/mol. The molecule has 0 unspecified atom stereocenters. The minimum atomic E-state index is -4.32. The maximum Gasteiger partial charge on any atom is 0.416 e. The van der Waals surface area contributed by atoms with Gasteiger partial charge in [0.2, 0.25) is 0 Å². The SMILES string of the molecule is COc1cc(/C=C/c2ccc(C(F)(F)F)cc2)cc(OC)c1C. The molecule has 0 aromatic heterocycles. The topological polar surface area (TPSA) is 18.5 Å². The van der Waals surface area contributed by atoms with Crippen molar-refractivity contribution in [3.63, 3.8) is 0 Å². The summed E-state index contributed by atoms with van der Waals surface area (Å²) in [6.07, 6.45) is -0.781. The summed E-state index contributed by atoms with van der Waals surface area (Å²) in [6.45, 7) is 1.89. The summed E-state index contributed by atoms with van der Waals surface area (Å²) in [6, 6.07) is 8.69. The molecule has 0 saturated heterocycles. The van der Waals surface area contributed by atoms with E-state index >= 15 is 0 Å². The van der Waals surface area contributed by atoms with Crippen LogP contribution < -0.4 is 9.47 Å². The zero-order chi connectivity index (χ0) is 17.0. The summed E-state index contributed by atoms with van der Waals surface area (Å²) in [5, 5.41) is 0. The fraction of sp³-hybridized carbons (Fsp3) is 0.222. The number of benzene rings is 2. The first-order chi connectivity index (χ1) is 10.8. The van der Waals surface area contributed by atoms with Crippen LogP contribution >= 0.6 is 0 Å². The molecule has 2 aromatic rings. The Bertz CT molecular complexity index is 676. The van der Waals surface area contributed by atoms with Crippen molar-refractivity contribution in [2.45, 2.75) is 13.1 Å². The summed E-state index contributed by atoms with van der Waals surface area (Å²) < 4.78 is 48.2. The molecule has 2 aromatic carbocycles. The zero-order valence-corrected chi connectivity index (χ0v) is 13.1. The fourth-order valence-corrected chi connectivity index (χ4v) is 2.18. The minimum Gasteiger partial charge on any atom is -0.496 e. The highest BCUT2D eigenvalue weighted by Crippen LogP contribution is 2.31. The van der Waals surface area contributed by atoms with Crippen molar-refractivity contribution >= 4 is 12.2 Å². The third kappa shape index (κ3) is 4.06. The van der Waals surface area contributed by atoms with E-state index in [0.29, 0.717) is 17.1 Å². The first kappa shape index (κ1) is 16.9. The van der Waals surface area contributed by atoms with E-state index in [2.05, 4.69) is 0 Å². The summed E-state index contributed by atoms with van der Waals surface area (Å²) >= 11 is 0. The van der Waals surface area contributed by atoms with Gasteiger partial charge in [-0.2, -0.15) is 13.2 Å². The fourth-order valence-electron chi connectivity index (χ4n) is 2.18. The molecule has 0 aliphatic rings. The molecule has 23 heavy (non-hydrogen) atoms. The molecular weight excluding hydrogens is 305 g/mol. The van der Waals surface area contributed by atoms with E-state index in [1.54, 1.807) is 26.4 Å². The maximum atomic E-state index is 12.5. The van der Waals surface area contributed by atoms with Gasteiger partial charge in [0.05, 0.1) is 19.8 Å². The summed E-state index contributed by atoms with van der Waals surface area (Å²) in [5.41, 5.74) is 1.75. The van der Waals surface area contributed by atoms with E-state index in [1.165, 1.54) is 12.1 Å². The van der Waals surface area contributed by atoms with Gasteiger partial charge in [0.25, 0.3) is 0 Å². The maximum absolute atomic E-state index is 12.5. The van der Waals surface area contributed by atoms with Gasteiger partial charge in [-0.05, 0) is 42.3 Å². The van der Waals surface area contributed by atoms with Gasteiger partial charge in [0.15, 0.2) is 0 Å². The van der Waals surface area contributed by atoms with Gasteiger partial charge in [0.1, 0.15) is 11.5 Å². The smallest absolute Gasteiger partial charge is 0.416 e. The first-order valence-electron chi connectivity index (χ1n) is 6.93. The highest BCUT2D eigenvalue weighted by Gasteiger charge is 2.29. The van der Waals surface area contributed by atoms with Crippen LogP contribution in [0.2, 0.25) is 0 Å². The molecule has 0 saturated carbocycles. The van der Waals surface area contributed by atoms with Crippen LogP contribution in [0.15, 0.2) is 36.4 Å². The number of halogens is 3. The molecule has 0 heterocycles. The molecule has 2 nitrogen and oxygen atoms in total. The van der Waals surface area contributed by atoms with E-state index in [1.807, 2.05) is 19.1 Å². The molecule has 0 radical (unpaired) electrons. The monoisotopic (exact) mass is 322 g/mol. The lowest BCUT2D eigenvalue weighted by Crippen LogP contribution is -2.03. The van der Waals surface area contributed by atoms with E-state index in [9.17, 15) is 13.2 Å². The minimum absolute atomic E-state index is 0.659. The molecule has 2 rings (SSSR count). The van der Waals surface area contributed by atoms with Crippen LogP contribution in [0.3, 0.4) is 0 Å². The average molecular weight is 322 g/mol. The Morgan fingerprint density at radius 2 is 1.30 bits per heavy atom. The number of ether oxygens (including phenoxy) is 2. The Balaban J connectivity index is 2.26. The van der Waals surface area contributed by atoms with Gasteiger partial charge < -0.3 is 9.47 Å². The Morgan fingerprint density at radius 3 is 1.74 bits per heavy atom. The number of methoxy groups -OCH3 is 2. The van der Waals surface area contributed by atoms with E-state index < -0.39 is 11.7 Å². The summed E-state index contributed by atoms with van der Waals surface area (Å²) in [7, 11) is 3.15. The molecule has 0 N–H and O–H groups in total. The average Bonchev–Trinajstić information content (AvgIpc) is 2.53. The van der Waals surface area contributed by atoms with Crippen LogP contribution in [-0.4, -0.2) is 14.2 Å². The lowest BCUT2D eigenvalue weighted by molar-refractivity contribution is -0.137. The second-order valence-electron chi connectivity index (χ2n) is 5.00. The van der Waals surface area contributed by atoms with Gasteiger partial charge in [-0.1, -0.05) is 24.3 Å². The van der Waals surface area contributed by atoms with Crippen molar-refractivity contribution in [1.29, 1.82) is 0 Å². The Kier molecular flexibility index (Phi) is 4.98. The quantitative estimate of drug-likeness (QED) is 0.720. The van der Waals surface area contributed by atoms with Gasteiger partial charge in [-0.15, -0.1) is 0 Å². The molecule has 0 amide bonds. The van der Waals surface area contributed by atoms with E-state index in [-0.39, 0.29) is 0 Å². The van der Waals surface area contributed by atoms with Crippen LogP contribution in [-0.2, 0) is 6.18 Å². The highest BCUT2D eigenvalue weighted by atomic mass is 19.4. The number of hydrogen-bond acceptors (Lipinski definition) is 2. The highest BCUT2D eigenvalue weighted by molar-refractivity contribution is 5.71. The standard InChI is InChI=1S/C18H17F3O2/c1-12-16(22-2)10-14(11-17(12)23-3)5-4-13-6-8-15(9-7-13)18(19,20)21/h4-11H,1-3H3/b5-4+. The van der Waals surface area contributed by atoms with Crippen molar-refractivity contribution < 1.29 is 22.6 Å². The molecular formula is C18H17F3O2. The summed E-state index contributed by atoms with van der Waals surface area (Å²) in [4.78, 5) is 0.